The Bertz CT molecular complexity index is 2080. The Hall–Kier alpha value is -6.66. The zero-order valence-corrected chi connectivity index (χ0v) is 34.9. The Morgan fingerprint density at radius 3 is 1.44 bits per heavy atom. The lowest BCUT2D eigenvalue weighted by molar-refractivity contribution is -0.145. The van der Waals surface area contributed by atoms with Crippen LogP contribution in [0.15, 0.2) is 91.0 Å². The number of hydrogen-bond acceptors (Lipinski definition) is 10. The number of rotatable bonds is 21. The van der Waals surface area contributed by atoms with Crippen LogP contribution >= 0.6 is 0 Å². The molecular formula is C45H56N8O10. The third-order valence-corrected chi connectivity index (χ3v) is 11.2. The molecule has 0 bridgehead atoms. The number of aliphatic hydroxyl groups is 1. The minimum Gasteiger partial charge on any atom is -0.480 e. The second-order valence-corrected chi connectivity index (χ2v) is 15.8. The normalized spacial score (nSPS) is 18.3. The standard InChI is InChI=1S/C45H56N8O10/c46-31(27-54)39(56)48-32(20-21-38(47)55)43(60)52-22-10-18-36(52)41(58)49-33(24-28-12-4-1-5-13-28)40(57)50-34(25-29-14-6-2-7-15-29)44(61)53-23-11-19-37(53)42(59)51-35(45(62)63)26-30-16-8-3-9-17-30/h1-9,12-17,31-37,54H,10-11,18-27,46H2,(H2,47,55)(H,48,56)(H,49,58)(H,50,57)(H,51,59)(H,62,63)/t31-,32-,33-,34-,35-,36-,37-/m0/s1. The number of primary amides is 1. The van der Waals surface area contributed by atoms with E-state index in [0.717, 1.165) is 0 Å². The maximum Gasteiger partial charge on any atom is 0.326 e. The maximum atomic E-state index is 14.5. The summed E-state index contributed by atoms with van der Waals surface area (Å²) in [5.41, 5.74) is 13.1. The molecule has 0 spiro atoms. The van der Waals surface area contributed by atoms with E-state index in [-0.39, 0.29) is 58.0 Å². The highest BCUT2D eigenvalue weighted by molar-refractivity contribution is 5.97. The Labute approximate surface area is 365 Å². The lowest BCUT2D eigenvalue weighted by atomic mass is 10.0. The van der Waals surface area contributed by atoms with Gasteiger partial charge in [0.05, 0.1) is 6.61 Å². The number of benzene rings is 3. The fourth-order valence-electron chi connectivity index (χ4n) is 7.88. The third kappa shape index (κ3) is 13.4. The number of carbonyl (C=O) groups is 8. The first-order valence-corrected chi connectivity index (χ1v) is 21.1. The van der Waals surface area contributed by atoms with E-state index in [1.54, 1.807) is 91.0 Å². The second kappa shape index (κ2) is 23.0. The number of nitrogens with zero attached hydrogens (tertiary/aromatic N) is 2. The van der Waals surface area contributed by atoms with Gasteiger partial charge in [-0.2, -0.15) is 0 Å². The summed E-state index contributed by atoms with van der Waals surface area (Å²) in [6.07, 6.45) is 0.940. The lowest BCUT2D eigenvalue weighted by Gasteiger charge is -2.32. The molecule has 0 saturated carbocycles. The minimum atomic E-state index is -1.34. The van der Waals surface area contributed by atoms with Gasteiger partial charge in [-0.05, 0) is 48.8 Å². The van der Waals surface area contributed by atoms with Gasteiger partial charge in [0.15, 0.2) is 0 Å². The number of carboxylic acid groups (broad SMARTS) is 1. The second-order valence-electron chi connectivity index (χ2n) is 15.8. The number of nitrogens with one attached hydrogen (secondary N) is 4. The van der Waals surface area contributed by atoms with Crippen LogP contribution in [0.4, 0.5) is 0 Å². The van der Waals surface area contributed by atoms with Crippen LogP contribution in [0.25, 0.3) is 0 Å². The highest BCUT2D eigenvalue weighted by atomic mass is 16.4. The first kappa shape index (κ1) is 47.4. The quantitative estimate of drug-likeness (QED) is 0.0663. The molecule has 2 saturated heterocycles. The topological polar surface area (TPSA) is 284 Å². The van der Waals surface area contributed by atoms with Gasteiger partial charge in [0.2, 0.25) is 41.4 Å². The van der Waals surface area contributed by atoms with Crippen LogP contribution in [0, 0.1) is 0 Å². The van der Waals surface area contributed by atoms with Gasteiger partial charge in [-0.25, -0.2) is 4.79 Å². The molecule has 0 aliphatic carbocycles. The van der Waals surface area contributed by atoms with Crippen LogP contribution in [-0.4, -0.2) is 129 Å². The van der Waals surface area contributed by atoms with Crippen molar-refractivity contribution in [1.82, 2.24) is 31.1 Å². The van der Waals surface area contributed by atoms with Crippen molar-refractivity contribution in [2.45, 2.75) is 100 Å². The molecule has 5 rings (SSSR count). The zero-order valence-electron chi connectivity index (χ0n) is 34.9. The fraction of sp³-hybridized carbons (Fsp3) is 0.422. The summed E-state index contributed by atoms with van der Waals surface area (Å²) in [5, 5.41) is 30.1. The van der Waals surface area contributed by atoms with Crippen LogP contribution in [0.1, 0.15) is 55.2 Å². The molecule has 18 nitrogen and oxygen atoms in total. The molecule has 0 radical (unpaired) electrons. The van der Waals surface area contributed by atoms with E-state index in [1.807, 2.05) is 0 Å². The number of carbonyl (C=O) groups excluding carboxylic acids is 7. The lowest BCUT2D eigenvalue weighted by Crippen LogP contribution is -2.60. The van der Waals surface area contributed by atoms with E-state index in [9.17, 15) is 48.6 Å². The van der Waals surface area contributed by atoms with Crippen LogP contribution in [0.2, 0.25) is 0 Å². The van der Waals surface area contributed by atoms with Gasteiger partial charge in [-0.1, -0.05) is 91.0 Å². The van der Waals surface area contributed by atoms with Crippen molar-refractivity contribution in [2.75, 3.05) is 19.7 Å². The Kier molecular flexibility index (Phi) is 17.3. The summed E-state index contributed by atoms with van der Waals surface area (Å²) in [7, 11) is 0. The van der Waals surface area contributed by atoms with Crippen LogP contribution in [-0.2, 0) is 57.6 Å². The molecule has 7 amide bonds. The zero-order chi connectivity index (χ0) is 45.5. The van der Waals surface area contributed by atoms with Crippen LogP contribution < -0.4 is 32.7 Å². The van der Waals surface area contributed by atoms with E-state index in [4.69, 9.17) is 11.5 Å². The van der Waals surface area contributed by atoms with Gasteiger partial charge < -0.3 is 52.7 Å². The number of aliphatic carboxylic acids is 1. The highest BCUT2D eigenvalue weighted by Crippen LogP contribution is 2.23. The number of likely N-dealkylation sites (tertiary alicyclic amines) is 2. The molecule has 2 heterocycles. The SMILES string of the molecule is NC(=O)CC[C@H](NC(=O)[C@@H](N)CO)C(=O)N1CCC[C@H]1C(=O)N[C@@H](Cc1ccccc1)C(=O)N[C@@H](Cc1ccccc1)C(=O)N1CCC[C@H]1C(=O)N[C@@H](Cc1ccccc1)C(=O)O. The number of amides is 7. The number of carboxylic acids is 1. The highest BCUT2D eigenvalue weighted by Gasteiger charge is 2.42. The van der Waals surface area contributed by atoms with Crippen molar-refractivity contribution in [3.63, 3.8) is 0 Å². The predicted molar refractivity (Wildman–Crippen MR) is 229 cm³/mol. The smallest absolute Gasteiger partial charge is 0.326 e. The van der Waals surface area contributed by atoms with E-state index in [1.165, 1.54) is 9.80 Å². The van der Waals surface area contributed by atoms with Gasteiger partial charge in [-0.3, -0.25) is 33.6 Å². The molecule has 2 aliphatic rings. The molecule has 0 aromatic heterocycles. The molecule has 10 N–H and O–H groups in total. The predicted octanol–water partition coefficient (Wildman–Crippen LogP) is -0.695. The van der Waals surface area contributed by atoms with Crippen molar-refractivity contribution in [1.29, 1.82) is 0 Å². The number of aliphatic hydroxyl groups excluding tert-OH is 1. The fourth-order valence-corrected chi connectivity index (χ4v) is 7.88. The molecule has 3 aromatic carbocycles. The average Bonchev–Trinajstić information content (AvgIpc) is 3.99. The molecule has 7 atom stereocenters. The summed E-state index contributed by atoms with van der Waals surface area (Å²) in [6.45, 7) is -0.396. The Morgan fingerprint density at radius 1 is 0.587 bits per heavy atom. The average molecular weight is 869 g/mol. The molecule has 336 valence electrons. The van der Waals surface area contributed by atoms with E-state index in [0.29, 0.717) is 29.5 Å². The van der Waals surface area contributed by atoms with Gasteiger partial charge in [0, 0.05) is 38.8 Å². The van der Waals surface area contributed by atoms with Gasteiger partial charge in [-0.15, -0.1) is 0 Å². The third-order valence-electron chi connectivity index (χ3n) is 11.2. The molecule has 0 unspecified atom stereocenters. The Morgan fingerprint density at radius 2 is 1.00 bits per heavy atom. The summed E-state index contributed by atoms with van der Waals surface area (Å²) in [5.74, 6) is -6.06. The van der Waals surface area contributed by atoms with Crippen LogP contribution in [0.5, 0.6) is 0 Å². The monoisotopic (exact) mass is 868 g/mol. The van der Waals surface area contributed by atoms with Crippen molar-refractivity contribution in [3.8, 4) is 0 Å². The maximum absolute atomic E-state index is 14.5. The first-order chi connectivity index (χ1) is 30.2. The van der Waals surface area contributed by atoms with Gasteiger partial charge in [0.1, 0.15) is 42.3 Å². The molecule has 2 aliphatic heterocycles. The minimum absolute atomic E-state index is 0.00555. The van der Waals surface area contributed by atoms with E-state index in [2.05, 4.69) is 21.3 Å². The van der Waals surface area contributed by atoms with Crippen molar-refractivity contribution in [2.24, 2.45) is 11.5 Å². The van der Waals surface area contributed by atoms with Gasteiger partial charge >= 0.3 is 5.97 Å². The van der Waals surface area contributed by atoms with E-state index < -0.39 is 96.2 Å². The molecule has 18 heteroatoms. The molecule has 3 aromatic rings. The summed E-state index contributed by atoms with van der Waals surface area (Å²) in [4.78, 5) is 110. The van der Waals surface area contributed by atoms with Crippen molar-refractivity contribution >= 4 is 47.3 Å². The number of hydrogen-bond donors (Lipinski definition) is 8. The van der Waals surface area contributed by atoms with Crippen molar-refractivity contribution < 1.29 is 48.6 Å². The molecular weight excluding hydrogens is 813 g/mol. The molecule has 2 fully saturated rings. The first-order valence-electron chi connectivity index (χ1n) is 21.1. The van der Waals surface area contributed by atoms with E-state index >= 15 is 0 Å². The van der Waals surface area contributed by atoms with Gasteiger partial charge in [0.25, 0.3) is 0 Å². The summed E-state index contributed by atoms with van der Waals surface area (Å²) < 4.78 is 0. The number of nitrogens with two attached hydrogens (primary N) is 2. The summed E-state index contributed by atoms with van der Waals surface area (Å²) >= 11 is 0. The van der Waals surface area contributed by atoms with Crippen LogP contribution in [0.3, 0.4) is 0 Å². The Balaban J connectivity index is 1.37. The molecule has 63 heavy (non-hydrogen) atoms. The summed E-state index contributed by atoms with van der Waals surface area (Å²) in [6, 6.07) is 18.2. The van der Waals surface area contributed by atoms with Crippen molar-refractivity contribution in [3.05, 3.63) is 108 Å². The largest absolute Gasteiger partial charge is 0.480 e.